The second-order valence-electron chi connectivity index (χ2n) is 6.30. The number of fused-ring (bicyclic) bond motifs is 1. The first kappa shape index (κ1) is 15.4. The molecule has 0 radical (unpaired) electrons. The number of benzene rings is 2. The highest BCUT2D eigenvalue weighted by Crippen LogP contribution is 2.34. The zero-order valence-corrected chi connectivity index (χ0v) is 13.6. The highest BCUT2D eigenvalue weighted by molar-refractivity contribution is 6.01. The Balaban J connectivity index is 1.68. The van der Waals surface area contributed by atoms with Gasteiger partial charge in [-0.1, -0.05) is 18.2 Å². The van der Waals surface area contributed by atoms with E-state index in [1.165, 1.54) is 0 Å². The molecule has 2 heterocycles. The summed E-state index contributed by atoms with van der Waals surface area (Å²) in [6.45, 7) is 1.68. The van der Waals surface area contributed by atoms with Crippen LogP contribution < -0.4 is 15.5 Å². The van der Waals surface area contributed by atoms with Crippen molar-refractivity contribution in [1.29, 1.82) is 0 Å². The van der Waals surface area contributed by atoms with Crippen LogP contribution in [0.5, 0.6) is 0 Å². The van der Waals surface area contributed by atoms with E-state index in [0.29, 0.717) is 16.8 Å². The van der Waals surface area contributed by atoms with Gasteiger partial charge in [0.1, 0.15) is 11.9 Å². The van der Waals surface area contributed by atoms with Gasteiger partial charge in [-0.15, -0.1) is 0 Å². The third kappa shape index (κ3) is 2.77. The predicted molar refractivity (Wildman–Crippen MR) is 94.8 cm³/mol. The summed E-state index contributed by atoms with van der Waals surface area (Å²) in [5.41, 5.74) is 2.69. The summed E-state index contributed by atoms with van der Waals surface area (Å²) in [5.74, 6) is -0.189. The summed E-state index contributed by atoms with van der Waals surface area (Å²) in [6, 6.07) is 12.4. The molecule has 2 aromatic rings. The van der Waals surface area contributed by atoms with Crippen molar-refractivity contribution in [2.45, 2.75) is 19.0 Å². The summed E-state index contributed by atoms with van der Waals surface area (Å²) in [6.07, 6.45) is 1.61. The van der Waals surface area contributed by atoms with E-state index in [1.54, 1.807) is 24.3 Å². The Labute approximate surface area is 144 Å². The van der Waals surface area contributed by atoms with Crippen LogP contribution in [0, 0.1) is 10.1 Å². The lowest BCUT2D eigenvalue weighted by Crippen LogP contribution is -2.38. The summed E-state index contributed by atoms with van der Waals surface area (Å²) >= 11 is 0. The first-order chi connectivity index (χ1) is 12.1. The zero-order valence-electron chi connectivity index (χ0n) is 13.6. The minimum absolute atomic E-state index is 0.0781. The molecule has 4 rings (SSSR count). The largest absolute Gasteiger partial charge is 0.366 e. The molecule has 25 heavy (non-hydrogen) atoms. The van der Waals surface area contributed by atoms with Crippen LogP contribution in [0.15, 0.2) is 42.5 Å². The van der Waals surface area contributed by atoms with E-state index in [4.69, 9.17) is 0 Å². The van der Waals surface area contributed by atoms with Crippen LogP contribution >= 0.6 is 0 Å². The highest BCUT2D eigenvalue weighted by atomic mass is 16.6. The van der Waals surface area contributed by atoms with E-state index in [2.05, 4.69) is 10.6 Å². The molecule has 2 N–H and O–H groups in total. The standard InChI is InChI=1S/C18H18N4O3/c23-18-13-5-1-2-6-14(13)19-17(20-18)12-7-8-15(16(11-12)22(24)25)21-9-3-4-10-21/h1-2,5-8,11,17,19H,3-4,9-10H2,(H,20,23). The maximum Gasteiger partial charge on any atom is 0.292 e. The SMILES string of the molecule is O=C1NC(c2ccc(N3CCCC3)c([N+](=O)[O-])c2)Nc2ccccc21. The molecule has 0 spiro atoms. The number of anilines is 2. The van der Waals surface area contributed by atoms with Crippen LogP contribution in [0.25, 0.3) is 0 Å². The third-order valence-electron chi connectivity index (χ3n) is 4.72. The van der Waals surface area contributed by atoms with Gasteiger partial charge >= 0.3 is 0 Å². The number of nitro groups is 1. The fraction of sp³-hybridized carbons (Fsp3) is 0.278. The third-order valence-corrected chi connectivity index (χ3v) is 4.72. The number of nitrogens with one attached hydrogen (secondary N) is 2. The molecule has 1 unspecified atom stereocenters. The topological polar surface area (TPSA) is 87.5 Å². The maximum absolute atomic E-state index is 12.3. The second-order valence-corrected chi connectivity index (χ2v) is 6.30. The number of amides is 1. The number of carbonyl (C=O) groups excluding carboxylic acids is 1. The van der Waals surface area contributed by atoms with E-state index in [1.807, 2.05) is 23.1 Å². The molecular formula is C18H18N4O3. The predicted octanol–water partition coefficient (Wildman–Crippen LogP) is 3.05. The molecule has 2 aliphatic heterocycles. The van der Waals surface area contributed by atoms with Crippen molar-refractivity contribution >= 4 is 23.0 Å². The minimum atomic E-state index is -0.492. The fourth-order valence-corrected chi connectivity index (χ4v) is 3.47. The van der Waals surface area contributed by atoms with Crippen molar-refractivity contribution in [3.8, 4) is 0 Å². The number of carbonyl (C=O) groups is 1. The van der Waals surface area contributed by atoms with Gasteiger partial charge in [-0.2, -0.15) is 0 Å². The Morgan fingerprint density at radius 3 is 2.60 bits per heavy atom. The molecule has 0 aliphatic carbocycles. The fourth-order valence-electron chi connectivity index (χ4n) is 3.47. The molecule has 0 saturated carbocycles. The molecular weight excluding hydrogens is 320 g/mol. The molecule has 7 nitrogen and oxygen atoms in total. The minimum Gasteiger partial charge on any atom is -0.366 e. The molecule has 0 bridgehead atoms. The summed E-state index contributed by atoms with van der Waals surface area (Å²) in [7, 11) is 0. The molecule has 2 aliphatic rings. The molecule has 1 fully saturated rings. The number of nitrogens with zero attached hydrogens (tertiary/aromatic N) is 2. The first-order valence-electron chi connectivity index (χ1n) is 8.33. The van der Waals surface area contributed by atoms with Gasteiger partial charge in [-0.25, -0.2) is 0 Å². The Hall–Kier alpha value is -3.09. The van der Waals surface area contributed by atoms with E-state index >= 15 is 0 Å². The monoisotopic (exact) mass is 338 g/mol. The van der Waals surface area contributed by atoms with Crippen molar-refractivity contribution < 1.29 is 9.72 Å². The van der Waals surface area contributed by atoms with Gasteiger partial charge in [-0.3, -0.25) is 14.9 Å². The van der Waals surface area contributed by atoms with Crippen LogP contribution in [0.4, 0.5) is 17.1 Å². The van der Waals surface area contributed by atoms with Gasteiger partial charge in [0.15, 0.2) is 0 Å². The molecule has 128 valence electrons. The lowest BCUT2D eigenvalue weighted by molar-refractivity contribution is -0.384. The normalized spacial score (nSPS) is 19.1. The van der Waals surface area contributed by atoms with Gasteiger partial charge in [0.2, 0.25) is 0 Å². The van der Waals surface area contributed by atoms with E-state index < -0.39 is 6.17 Å². The number of hydrogen-bond acceptors (Lipinski definition) is 5. The lowest BCUT2D eigenvalue weighted by atomic mass is 10.0. The summed E-state index contributed by atoms with van der Waals surface area (Å²) in [4.78, 5) is 25.5. The quantitative estimate of drug-likeness (QED) is 0.663. The molecule has 2 aromatic carbocycles. The van der Waals surface area contributed by atoms with Crippen molar-refractivity contribution in [1.82, 2.24) is 5.32 Å². The zero-order chi connectivity index (χ0) is 17.4. The van der Waals surface area contributed by atoms with Gasteiger partial charge in [0, 0.05) is 30.4 Å². The van der Waals surface area contributed by atoms with Crippen LogP contribution in [0.2, 0.25) is 0 Å². The number of hydrogen-bond donors (Lipinski definition) is 2. The molecule has 1 saturated heterocycles. The maximum atomic E-state index is 12.3. The average molecular weight is 338 g/mol. The first-order valence-corrected chi connectivity index (χ1v) is 8.33. The van der Waals surface area contributed by atoms with Gasteiger partial charge in [0.05, 0.1) is 10.5 Å². The number of nitro benzene ring substituents is 1. The average Bonchev–Trinajstić information content (AvgIpc) is 3.15. The Morgan fingerprint density at radius 2 is 1.84 bits per heavy atom. The Bertz CT molecular complexity index is 846. The summed E-state index contributed by atoms with van der Waals surface area (Å²) < 4.78 is 0. The van der Waals surface area contributed by atoms with E-state index in [9.17, 15) is 14.9 Å². The molecule has 1 amide bonds. The van der Waals surface area contributed by atoms with E-state index in [-0.39, 0.29) is 16.5 Å². The van der Waals surface area contributed by atoms with Gasteiger partial charge < -0.3 is 15.5 Å². The van der Waals surface area contributed by atoms with Crippen molar-refractivity contribution in [2.24, 2.45) is 0 Å². The molecule has 0 aromatic heterocycles. The van der Waals surface area contributed by atoms with Gasteiger partial charge in [-0.05, 0) is 31.0 Å². The van der Waals surface area contributed by atoms with Crippen molar-refractivity contribution in [3.05, 3.63) is 63.7 Å². The smallest absolute Gasteiger partial charge is 0.292 e. The van der Waals surface area contributed by atoms with Crippen LogP contribution in [-0.2, 0) is 0 Å². The van der Waals surface area contributed by atoms with Crippen molar-refractivity contribution in [3.63, 3.8) is 0 Å². The molecule has 7 heteroatoms. The lowest BCUT2D eigenvalue weighted by Gasteiger charge is -2.28. The van der Waals surface area contributed by atoms with Crippen LogP contribution in [0.1, 0.15) is 34.9 Å². The second kappa shape index (κ2) is 6.08. The molecule has 1 atom stereocenters. The Morgan fingerprint density at radius 1 is 1.08 bits per heavy atom. The van der Waals surface area contributed by atoms with Crippen LogP contribution in [0.3, 0.4) is 0 Å². The summed E-state index contributed by atoms with van der Waals surface area (Å²) in [5, 5.41) is 17.6. The number of rotatable bonds is 3. The number of para-hydroxylation sites is 1. The van der Waals surface area contributed by atoms with Gasteiger partial charge in [0.25, 0.3) is 11.6 Å². The highest BCUT2D eigenvalue weighted by Gasteiger charge is 2.28. The van der Waals surface area contributed by atoms with Crippen LogP contribution in [-0.4, -0.2) is 23.9 Å². The van der Waals surface area contributed by atoms with E-state index in [0.717, 1.165) is 31.6 Å². The van der Waals surface area contributed by atoms with Crippen molar-refractivity contribution in [2.75, 3.05) is 23.3 Å². The Kier molecular flexibility index (Phi) is 3.76.